The average molecular weight is 400 g/mol. The van der Waals surface area contributed by atoms with Gasteiger partial charge < -0.3 is 21.0 Å². The lowest BCUT2D eigenvalue weighted by Gasteiger charge is -2.09. The molecular weight excluding hydrogens is 381 g/mol. The first-order chi connectivity index (χ1) is 13.7. The van der Waals surface area contributed by atoms with Crippen molar-refractivity contribution in [1.82, 2.24) is 4.57 Å². The van der Waals surface area contributed by atoms with Gasteiger partial charge in [0.15, 0.2) is 0 Å². The number of hydrogen-bond acceptors (Lipinski definition) is 3. The molecule has 0 spiro atoms. The summed E-state index contributed by atoms with van der Waals surface area (Å²) in [4.78, 5) is 12.4. The van der Waals surface area contributed by atoms with Crippen LogP contribution in [0.25, 0.3) is 10.9 Å². The molecule has 1 heterocycles. The van der Waals surface area contributed by atoms with Gasteiger partial charge in [0.05, 0.1) is 22.3 Å². The van der Waals surface area contributed by atoms with Crippen LogP contribution in [0.3, 0.4) is 0 Å². The Hall–Kier alpha value is -3.55. The zero-order valence-corrected chi connectivity index (χ0v) is 15.5. The Bertz CT molecular complexity index is 1100. The number of alkyl halides is 3. The van der Waals surface area contributed by atoms with Crippen molar-refractivity contribution < 1.29 is 18.0 Å². The first kappa shape index (κ1) is 20.2. The fourth-order valence-electron chi connectivity index (χ4n) is 3.03. The highest BCUT2D eigenvalue weighted by Gasteiger charge is 2.29. The molecule has 0 radical (unpaired) electrons. The van der Waals surface area contributed by atoms with E-state index in [2.05, 4.69) is 5.32 Å². The van der Waals surface area contributed by atoms with Crippen LogP contribution in [0.4, 0.5) is 18.9 Å². The van der Waals surface area contributed by atoms with Crippen LogP contribution in [-0.2, 0) is 17.5 Å². The summed E-state index contributed by atoms with van der Waals surface area (Å²) < 4.78 is 40.1. The summed E-state index contributed by atoms with van der Waals surface area (Å²) in [5.41, 5.74) is 6.87. The number of aromatic nitrogens is 1. The Kier molecular flexibility index (Phi) is 5.45. The number of halogens is 3. The first-order valence-corrected chi connectivity index (χ1v) is 8.73. The maximum Gasteiger partial charge on any atom is 0.416 e. The van der Waals surface area contributed by atoms with Crippen LogP contribution in [-0.4, -0.2) is 16.2 Å². The standard InChI is InChI=1S/C21H19F3N4O/c1-13(26)17(10-25)20(29)27-18-12-28(19-5-3-2-4-16(18)19)11-14-6-8-15(9-7-14)21(22,23)24/h2-10,12,26H,11,25H2,1H3,(H,27,29)/b17-10+,26-13?. The fourth-order valence-corrected chi connectivity index (χ4v) is 3.03. The van der Waals surface area contributed by atoms with E-state index in [1.54, 1.807) is 6.20 Å². The smallest absolute Gasteiger partial charge is 0.404 e. The van der Waals surface area contributed by atoms with Crippen LogP contribution >= 0.6 is 0 Å². The third kappa shape index (κ3) is 4.31. The Morgan fingerprint density at radius 2 is 1.83 bits per heavy atom. The molecule has 0 aliphatic carbocycles. The van der Waals surface area contributed by atoms with Crippen LogP contribution in [0, 0.1) is 5.41 Å². The molecule has 0 unspecified atom stereocenters. The molecule has 3 rings (SSSR count). The number of rotatable bonds is 5. The number of hydrogen-bond donors (Lipinski definition) is 3. The number of benzene rings is 2. The minimum atomic E-state index is -4.38. The van der Waals surface area contributed by atoms with E-state index in [0.717, 1.165) is 29.2 Å². The number of para-hydroxylation sites is 1. The van der Waals surface area contributed by atoms with Gasteiger partial charge in [-0.1, -0.05) is 30.3 Å². The molecule has 1 aromatic heterocycles. The van der Waals surface area contributed by atoms with E-state index in [1.165, 1.54) is 19.1 Å². The summed E-state index contributed by atoms with van der Waals surface area (Å²) in [6.07, 6.45) is -1.58. The first-order valence-electron chi connectivity index (χ1n) is 8.73. The lowest BCUT2D eigenvalue weighted by Crippen LogP contribution is -2.19. The van der Waals surface area contributed by atoms with E-state index >= 15 is 0 Å². The zero-order valence-electron chi connectivity index (χ0n) is 15.5. The van der Waals surface area contributed by atoms with Crippen molar-refractivity contribution in [1.29, 1.82) is 5.41 Å². The van der Waals surface area contributed by atoms with E-state index < -0.39 is 17.6 Å². The molecule has 2 aromatic carbocycles. The number of carbonyl (C=O) groups is 1. The number of anilines is 1. The lowest BCUT2D eigenvalue weighted by atomic mass is 10.1. The topological polar surface area (TPSA) is 83.9 Å². The van der Waals surface area contributed by atoms with Gasteiger partial charge in [0, 0.05) is 30.0 Å². The van der Waals surface area contributed by atoms with E-state index in [-0.39, 0.29) is 11.3 Å². The van der Waals surface area contributed by atoms with Crippen LogP contribution < -0.4 is 11.1 Å². The Morgan fingerprint density at radius 3 is 2.41 bits per heavy atom. The summed E-state index contributed by atoms with van der Waals surface area (Å²) in [6, 6.07) is 12.3. The molecule has 4 N–H and O–H groups in total. The summed E-state index contributed by atoms with van der Waals surface area (Å²) in [5.74, 6) is -0.502. The molecule has 0 atom stereocenters. The molecule has 0 saturated heterocycles. The van der Waals surface area contributed by atoms with Gasteiger partial charge >= 0.3 is 6.18 Å². The second-order valence-electron chi connectivity index (χ2n) is 6.54. The van der Waals surface area contributed by atoms with Crippen molar-refractivity contribution in [2.75, 3.05) is 5.32 Å². The Balaban J connectivity index is 1.92. The molecule has 5 nitrogen and oxygen atoms in total. The number of fused-ring (bicyclic) bond motifs is 1. The van der Waals surface area contributed by atoms with Crippen LogP contribution in [0.2, 0.25) is 0 Å². The van der Waals surface area contributed by atoms with Gasteiger partial charge in [-0.05, 0) is 30.7 Å². The average Bonchev–Trinajstić information content (AvgIpc) is 2.99. The van der Waals surface area contributed by atoms with E-state index in [9.17, 15) is 18.0 Å². The van der Waals surface area contributed by atoms with Crippen molar-refractivity contribution in [2.24, 2.45) is 5.73 Å². The molecule has 150 valence electrons. The summed E-state index contributed by atoms with van der Waals surface area (Å²) >= 11 is 0. The molecule has 0 aliphatic rings. The molecule has 3 aromatic rings. The Morgan fingerprint density at radius 1 is 1.17 bits per heavy atom. The zero-order chi connectivity index (χ0) is 21.2. The van der Waals surface area contributed by atoms with Gasteiger partial charge in [-0.15, -0.1) is 0 Å². The van der Waals surface area contributed by atoms with Crippen molar-refractivity contribution in [3.63, 3.8) is 0 Å². The van der Waals surface area contributed by atoms with Crippen LogP contribution in [0.5, 0.6) is 0 Å². The van der Waals surface area contributed by atoms with Gasteiger partial charge in [-0.25, -0.2) is 0 Å². The van der Waals surface area contributed by atoms with Crippen LogP contribution in [0.15, 0.2) is 66.5 Å². The summed E-state index contributed by atoms with van der Waals surface area (Å²) in [7, 11) is 0. The van der Waals surface area contributed by atoms with Crippen molar-refractivity contribution >= 4 is 28.2 Å². The quantitative estimate of drug-likeness (QED) is 0.434. The van der Waals surface area contributed by atoms with Crippen LogP contribution in [0.1, 0.15) is 18.1 Å². The highest BCUT2D eigenvalue weighted by molar-refractivity contribution is 6.24. The highest BCUT2D eigenvalue weighted by Crippen LogP contribution is 2.30. The number of nitrogens with two attached hydrogens (primary N) is 1. The molecule has 1 amide bonds. The van der Waals surface area contributed by atoms with E-state index in [4.69, 9.17) is 11.1 Å². The normalized spacial score (nSPS) is 12.2. The molecule has 29 heavy (non-hydrogen) atoms. The van der Waals surface area contributed by atoms with Gasteiger partial charge in [-0.2, -0.15) is 13.2 Å². The molecule has 0 aliphatic heterocycles. The Labute approximate surface area is 165 Å². The minimum Gasteiger partial charge on any atom is -0.404 e. The fraction of sp³-hybridized carbons (Fsp3) is 0.143. The molecule has 0 bridgehead atoms. The second-order valence-corrected chi connectivity index (χ2v) is 6.54. The van der Waals surface area contributed by atoms with Gasteiger partial charge in [0.1, 0.15) is 0 Å². The highest BCUT2D eigenvalue weighted by atomic mass is 19.4. The molecular formula is C21H19F3N4O. The van der Waals surface area contributed by atoms with Gasteiger partial charge in [0.2, 0.25) is 0 Å². The third-order valence-corrected chi connectivity index (χ3v) is 4.49. The van der Waals surface area contributed by atoms with E-state index in [1.807, 2.05) is 28.8 Å². The van der Waals surface area contributed by atoms with Crippen molar-refractivity contribution in [2.45, 2.75) is 19.6 Å². The lowest BCUT2D eigenvalue weighted by molar-refractivity contribution is -0.137. The third-order valence-electron chi connectivity index (χ3n) is 4.49. The number of nitrogens with zero attached hydrogens (tertiary/aromatic N) is 1. The van der Waals surface area contributed by atoms with Crippen molar-refractivity contribution in [3.05, 3.63) is 77.6 Å². The van der Waals surface area contributed by atoms with E-state index in [0.29, 0.717) is 17.8 Å². The molecule has 0 fully saturated rings. The molecule has 0 saturated carbocycles. The predicted octanol–water partition coefficient (Wildman–Crippen LogP) is 4.53. The monoisotopic (exact) mass is 400 g/mol. The minimum absolute atomic E-state index is 0.0403. The molecule has 8 heteroatoms. The van der Waals surface area contributed by atoms with Gasteiger partial charge in [0.25, 0.3) is 5.91 Å². The predicted molar refractivity (Wildman–Crippen MR) is 107 cm³/mol. The largest absolute Gasteiger partial charge is 0.416 e. The van der Waals surface area contributed by atoms with Crippen molar-refractivity contribution in [3.8, 4) is 0 Å². The summed E-state index contributed by atoms with van der Waals surface area (Å²) in [6.45, 7) is 1.80. The number of carbonyl (C=O) groups excluding carboxylic acids is 1. The maximum absolute atomic E-state index is 12.8. The maximum atomic E-state index is 12.8. The number of nitrogens with one attached hydrogen (secondary N) is 2. The second kappa shape index (κ2) is 7.83. The number of amides is 1. The van der Waals surface area contributed by atoms with Gasteiger partial charge in [-0.3, -0.25) is 4.79 Å². The summed E-state index contributed by atoms with van der Waals surface area (Å²) in [5, 5.41) is 11.2. The SMILES string of the molecule is CC(=N)/C(=C\N)C(=O)Nc1cn(Cc2ccc(C(F)(F)F)cc2)c2ccccc12.